The third-order valence-corrected chi connectivity index (χ3v) is 2.15. The lowest BCUT2D eigenvalue weighted by Gasteiger charge is -2.10. The first-order valence-corrected chi connectivity index (χ1v) is 4.87. The van der Waals surface area contributed by atoms with Crippen LogP contribution in [0.1, 0.15) is 10.4 Å². The Bertz CT molecular complexity index is 379. The maximum Gasteiger partial charge on any atom is 0.337 e. The number of hydrogen-bond donors (Lipinski definition) is 3. The number of aliphatic hydroxyl groups is 2. The van der Waals surface area contributed by atoms with Gasteiger partial charge in [-0.25, -0.2) is 4.79 Å². The molecule has 0 aromatic heterocycles. The summed E-state index contributed by atoms with van der Waals surface area (Å²) in [5.41, 5.74) is -0.0716. The zero-order chi connectivity index (χ0) is 12.1. The first kappa shape index (κ1) is 12.8. The molecule has 0 fully saturated rings. The predicted octanol–water partition coefficient (Wildman–Crippen LogP) is 0.770. The maximum atomic E-state index is 10.7. The minimum absolute atomic E-state index is 0.0716. The number of benzene rings is 1. The van der Waals surface area contributed by atoms with Crippen molar-refractivity contribution in [3.63, 3.8) is 0 Å². The largest absolute Gasteiger partial charge is 0.491 e. The molecule has 1 rings (SSSR count). The number of ether oxygens (including phenoxy) is 1. The van der Waals surface area contributed by atoms with Gasteiger partial charge in [0.2, 0.25) is 0 Å². The van der Waals surface area contributed by atoms with Gasteiger partial charge in [-0.2, -0.15) is 0 Å². The van der Waals surface area contributed by atoms with Crippen LogP contribution in [0.4, 0.5) is 0 Å². The maximum absolute atomic E-state index is 10.7. The molecule has 1 aromatic carbocycles. The Kier molecular flexibility index (Phi) is 4.54. The normalized spacial score (nSPS) is 12.2. The molecular formula is C10H11ClO5. The van der Waals surface area contributed by atoms with Gasteiger partial charge in [0.05, 0.1) is 17.2 Å². The van der Waals surface area contributed by atoms with Crippen LogP contribution in [0.25, 0.3) is 0 Å². The van der Waals surface area contributed by atoms with Crippen molar-refractivity contribution in [2.24, 2.45) is 0 Å². The lowest BCUT2D eigenvalue weighted by Crippen LogP contribution is -2.21. The molecule has 0 amide bonds. The SMILES string of the molecule is O=C(O)c1cc(OCC(O)CO)ccc1Cl. The number of rotatable bonds is 5. The summed E-state index contributed by atoms with van der Waals surface area (Å²) in [4.78, 5) is 10.7. The van der Waals surface area contributed by atoms with Crippen LogP contribution in [-0.2, 0) is 0 Å². The van der Waals surface area contributed by atoms with Crippen LogP contribution in [0.3, 0.4) is 0 Å². The van der Waals surface area contributed by atoms with Gasteiger partial charge in [-0.3, -0.25) is 0 Å². The first-order chi connectivity index (χ1) is 7.54. The molecule has 6 heteroatoms. The molecule has 0 aliphatic carbocycles. The van der Waals surface area contributed by atoms with Crippen LogP contribution in [0, 0.1) is 0 Å². The van der Waals surface area contributed by atoms with E-state index in [1.807, 2.05) is 0 Å². The van der Waals surface area contributed by atoms with Crippen molar-refractivity contribution in [1.29, 1.82) is 0 Å². The van der Waals surface area contributed by atoms with E-state index in [9.17, 15) is 4.79 Å². The van der Waals surface area contributed by atoms with Crippen molar-refractivity contribution in [3.05, 3.63) is 28.8 Å². The summed E-state index contributed by atoms with van der Waals surface area (Å²) in [6, 6.07) is 4.14. The van der Waals surface area contributed by atoms with Crippen molar-refractivity contribution < 1.29 is 24.9 Å². The van der Waals surface area contributed by atoms with Gasteiger partial charge in [0.1, 0.15) is 18.5 Å². The number of halogens is 1. The summed E-state index contributed by atoms with van der Waals surface area (Å²) in [5.74, 6) is -0.882. The van der Waals surface area contributed by atoms with Crippen LogP contribution in [0.15, 0.2) is 18.2 Å². The highest BCUT2D eigenvalue weighted by atomic mass is 35.5. The third-order valence-electron chi connectivity index (χ3n) is 1.82. The summed E-state index contributed by atoms with van der Waals surface area (Å²) in [6.07, 6.45) is -0.996. The molecule has 0 radical (unpaired) electrons. The molecular weight excluding hydrogens is 236 g/mol. The Labute approximate surface area is 96.9 Å². The molecule has 3 N–H and O–H groups in total. The molecule has 1 aromatic rings. The number of carboxylic acids is 1. The highest BCUT2D eigenvalue weighted by molar-refractivity contribution is 6.33. The smallest absolute Gasteiger partial charge is 0.337 e. The molecule has 0 aliphatic heterocycles. The minimum Gasteiger partial charge on any atom is -0.491 e. The van der Waals surface area contributed by atoms with Gasteiger partial charge < -0.3 is 20.1 Å². The summed E-state index contributed by atoms with van der Waals surface area (Å²) < 4.78 is 5.07. The van der Waals surface area contributed by atoms with E-state index in [0.29, 0.717) is 0 Å². The van der Waals surface area contributed by atoms with Crippen molar-refractivity contribution in [2.45, 2.75) is 6.10 Å². The van der Waals surface area contributed by atoms with Crippen molar-refractivity contribution in [1.82, 2.24) is 0 Å². The molecule has 5 nitrogen and oxygen atoms in total. The highest BCUT2D eigenvalue weighted by Gasteiger charge is 2.10. The van der Waals surface area contributed by atoms with Crippen molar-refractivity contribution >= 4 is 17.6 Å². The molecule has 0 saturated heterocycles. The lowest BCUT2D eigenvalue weighted by atomic mass is 10.2. The molecule has 1 unspecified atom stereocenters. The van der Waals surface area contributed by atoms with Gasteiger partial charge in [0, 0.05) is 0 Å². The molecule has 1 atom stereocenters. The second-order valence-electron chi connectivity index (χ2n) is 3.09. The summed E-state index contributed by atoms with van der Waals surface area (Å²) in [5, 5.41) is 26.5. The fraction of sp³-hybridized carbons (Fsp3) is 0.300. The molecule has 88 valence electrons. The van der Waals surface area contributed by atoms with E-state index >= 15 is 0 Å². The molecule has 0 heterocycles. The van der Waals surface area contributed by atoms with E-state index in [1.165, 1.54) is 18.2 Å². The van der Waals surface area contributed by atoms with E-state index in [-0.39, 0.29) is 22.9 Å². The Morgan fingerprint density at radius 1 is 1.50 bits per heavy atom. The summed E-state index contributed by atoms with van der Waals surface area (Å²) >= 11 is 5.66. The zero-order valence-electron chi connectivity index (χ0n) is 8.26. The van der Waals surface area contributed by atoms with E-state index in [2.05, 4.69) is 0 Å². The van der Waals surface area contributed by atoms with Gasteiger partial charge >= 0.3 is 5.97 Å². The topological polar surface area (TPSA) is 87.0 Å². The highest BCUT2D eigenvalue weighted by Crippen LogP contribution is 2.22. The number of hydrogen-bond acceptors (Lipinski definition) is 4. The molecule has 16 heavy (non-hydrogen) atoms. The van der Waals surface area contributed by atoms with Gasteiger partial charge in [-0.05, 0) is 18.2 Å². The third kappa shape index (κ3) is 3.37. The monoisotopic (exact) mass is 246 g/mol. The van der Waals surface area contributed by atoms with Crippen LogP contribution < -0.4 is 4.74 Å². The standard InChI is InChI=1S/C10H11ClO5/c11-9-2-1-7(3-8(9)10(14)15)16-5-6(13)4-12/h1-3,6,12-13H,4-5H2,(H,14,15). The minimum atomic E-state index is -1.15. The van der Waals surface area contributed by atoms with Gasteiger partial charge in [-0.1, -0.05) is 11.6 Å². The Hall–Kier alpha value is -1.30. The number of carboxylic acid groups (broad SMARTS) is 1. The fourth-order valence-corrected chi connectivity index (χ4v) is 1.20. The van der Waals surface area contributed by atoms with Crippen molar-refractivity contribution in [2.75, 3.05) is 13.2 Å². The molecule has 0 aliphatic rings. The average Bonchev–Trinajstić information content (AvgIpc) is 2.27. The molecule has 0 bridgehead atoms. The average molecular weight is 247 g/mol. The van der Waals surface area contributed by atoms with E-state index in [0.717, 1.165) is 0 Å². The Morgan fingerprint density at radius 3 is 2.75 bits per heavy atom. The van der Waals surface area contributed by atoms with E-state index < -0.39 is 18.7 Å². The second kappa shape index (κ2) is 5.69. The first-order valence-electron chi connectivity index (χ1n) is 4.49. The summed E-state index contributed by atoms with van der Waals surface area (Å²) in [6.45, 7) is -0.531. The van der Waals surface area contributed by atoms with Crippen LogP contribution >= 0.6 is 11.6 Å². The quantitative estimate of drug-likeness (QED) is 0.714. The van der Waals surface area contributed by atoms with Gasteiger partial charge in [0.25, 0.3) is 0 Å². The van der Waals surface area contributed by atoms with Crippen LogP contribution in [0.5, 0.6) is 5.75 Å². The molecule has 0 spiro atoms. The van der Waals surface area contributed by atoms with Crippen molar-refractivity contribution in [3.8, 4) is 5.75 Å². The van der Waals surface area contributed by atoms with Crippen LogP contribution in [-0.4, -0.2) is 40.6 Å². The fourth-order valence-electron chi connectivity index (χ4n) is 1.00. The number of carbonyl (C=O) groups is 1. The van der Waals surface area contributed by atoms with E-state index in [1.54, 1.807) is 0 Å². The van der Waals surface area contributed by atoms with Crippen LogP contribution in [0.2, 0.25) is 5.02 Å². The van der Waals surface area contributed by atoms with Gasteiger partial charge in [0.15, 0.2) is 0 Å². The number of aromatic carboxylic acids is 1. The van der Waals surface area contributed by atoms with Gasteiger partial charge in [-0.15, -0.1) is 0 Å². The molecule has 0 saturated carbocycles. The predicted molar refractivity (Wildman–Crippen MR) is 57.0 cm³/mol. The van der Waals surface area contributed by atoms with E-state index in [4.69, 9.17) is 31.7 Å². The second-order valence-corrected chi connectivity index (χ2v) is 3.50. The lowest BCUT2D eigenvalue weighted by molar-refractivity contribution is 0.0535. The number of aliphatic hydroxyl groups excluding tert-OH is 2. The summed E-state index contributed by atoms with van der Waals surface area (Å²) in [7, 11) is 0. The Balaban J connectivity index is 2.75. The zero-order valence-corrected chi connectivity index (χ0v) is 9.02. The Morgan fingerprint density at radius 2 is 2.19 bits per heavy atom.